The third kappa shape index (κ3) is 9.34. The van der Waals surface area contributed by atoms with Crippen LogP contribution in [0.5, 0.6) is 5.75 Å². The van der Waals surface area contributed by atoms with Crippen molar-refractivity contribution in [3.8, 4) is 5.75 Å². The minimum absolute atomic E-state index is 0. The van der Waals surface area contributed by atoms with E-state index in [0.717, 1.165) is 37.8 Å². The molecule has 7 heteroatoms. The summed E-state index contributed by atoms with van der Waals surface area (Å²) in [6, 6.07) is 16.6. The van der Waals surface area contributed by atoms with Gasteiger partial charge in [0.05, 0.1) is 19.3 Å². The lowest BCUT2D eigenvalue weighted by atomic mass is 10.1. The molecule has 1 fully saturated rings. The molecule has 0 saturated carbocycles. The minimum Gasteiger partial charge on any atom is -0.489 e. The summed E-state index contributed by atoms with van der Waals surface area (Å²) in [5.41, 5.74) is 3.57. The van der Waals surface area contributed by atoms with Crippen LogP contribution in [0.25, 0.3) is 0 Å². The van der Waals surface area contributed by atoms with Gasteiger partial charge in [-0.1, -0.05) is 36.4 Å². The maximum absolute atomic E-state index is 6.04. The molecule has 0 spiro atoms. The zero-order chi connectivity index (χ0) is 21.9. The van der Waals surface area contributed by atoms with Crippen LogP contribution in [-0.2, 0) is 22.6 Å². The Morgan fingerprint density at radius 3 is 2.59 bits per heavy atom. The molecular formula is C25H36IN3O3. The Bertz CT molecular complexity index is 841. The Morgan fingerprint density at radius 2 is 1.84 bits per heavy atom. The van der Waals surface area contributed by atoms with E-state index in [1.54, 1.807) is 7.05 Å². The first-order valence-electron chi connectivity index (χ1n) is 11.1. The van der Waals surface area contributed by atoms with Crippen molar-refractivity contribution in [3.05, 3.63) is 65.2 Å². The van der Waals surface area contributed by atoms with E-state index in [2.05, 4.69) is 52.9 Å². The number of aliphatic imine (C=N–C) groups is 1. The number of rotatable bonds is 9. The van der Waals surface area contributed by atoms with Crippen molar-refractivity contribution in [1.29, 1.82) is 0 Å². The van der Waals surface area contributed by atoms with Crippen LogP contribution in [0.4, 0.5) is 0 Å². The Hall–Kier alpha value is -1.84. The topological polar surface area (TPSA) is 64.1 Å². The van der Waals surface area contributed by atoms with E-state index >= 15 is 0 Å². The maximum Gasteiger partial charge on any atom is 0.191 e. The predicted molar refractivity (Wildman–Crippen MR) is 140 cm³/mol. The average Bonchev–Trinajstić information content (AvgIpc) is 2.79. The van der Waals surface area contributed by atoms with Gasteiger partial charge in [-0.15, -0.1) is 24.0 Å². The highest BCUT2D eigenvalue weighted by Gasteiger charge is 2.14. The number of ether oxygens (including phenoxy) is 3. The summed E-state index contributed by atoms with van der Waals surface area (Å²) >= 11 is 0. The van der Waals surface area contributed by atoms with Crippen molar-refractivity contribution in [2.45, 2.75) is 52.0 Å². The van der Waals surface area contributed by atoms with Crippen molar-refractivity contribution in [3.63, 3.8) is 0 Å². The Balaban J connectivity index is 0.00000363. The molecule has 0 aliphatic carbocycles. The number of nitrogens with one attached hydrogen (secondary N) is 2. The van der Waals surface area contributed by atoms with E-state index in [9.17, 15) is 0 Å². The highest BCUT2D eigenvalue weighted by atomic mass is 127. The smallest absolute Gasteiger partial charge is 0.191 e. The number of hydrogen-bond acceptors (Lipinski definition) is 4. The molecule has 1 heterocycles. The van der Waals surface area contributed by atoms with Crippen molar-refractivity contribution < 1.29 is 14.2 Å². The maximum atomic E-state index is 6.04. The van der Waals surface area contributed by atoms with Gasteiger partial charge in [0.15, 0.2) is 5.96 Å². The predicted octanol–water partition coefficient (Wildman–Crippen LogP) is 4.44. The fourth-order valence-corrected chi connectivity index (χ4v) is 3.50. The Morgan fingerprint density at radius 1 is 1.09 bits per heavy atom. The first-order valence-corrected chi connectivity index (χ1v) is 11.1. The normalized spacial score (nSPS) is 15.5. The monoisotopic (exact) mass is 553 g/mol. The summed E-state index contributed by atoms with van der Waals surface area (Å²) in [4.78, 5) is 4.32. The van der Waals surface area contributed by atoms with Crippen molar-refractivity contribution >= 4 is 29.9 Å². The first kappa shape index (κ1) is 26.4. The van der Waals surface area contributed by atoms with Gasteiger partial charge in [-0.3, -0.25) is 4.99 Å². The van der Waals surface area contributed by atoms with Gasteiger partial charge >= 0.3 is 0 Å². The van der Waals surface area contributed by atoms with E-state index in [4.69, 9.17) is 14.2 Å². The third-order valence-corrected chi connectivity index (χ3v) is 5.21. The molecule has 0 bridgehead atoms. The van der Waals surface area contributed by atoms with Crippen molar-refractivity contribution in [2.24, 2.45) is 4.99 Å². The summed E-state index contributed by atoms with van der Waals surface area (Å²) in [7, 11) is 1.78. The zero-order valence-corrected chi connectivity index (χ0v) is 21.6. The van der Waals surface area contributed by atoms with Crippen LogP contribution in [0.15, 0.2) is 53.5 Å². The molecule has 1 unspecified atom stereocenters. The van der Waals surface area contributed by atoms with Crippen LogP contribution in [0.1, 0.15) is 36.5 Å². The second-order valence-corrected chi connectivity index (χ2v) is 7.99. The van der Waals surface area contributed by atoms with E-state index in [-0.39, 0.29) is 30.1 Å². The standard InChI is InChI=1S/C25H35N3O3.HI/c1-19-6-4-9-24(14-19)31-20(2)16-27-25(26-3)28-17-21-7-5-8-22(15-21)18-30-23-10-12-29-13-11-23;/h4-9,14-15,20,23H,10-13,16-18H2,1-3H3,(H2,26,27,28);1H. The van der Waals surface area contributed by atoms with Crippen LogP contribution in [0.2, 0.25) is 0 Å². The average molecular weight is 553 g/mol. The Kier molecular flexibility index (Phi) is 11.8. The van der Waals surface area contributed by atoms with Gasteiger partial charge in [-0.05, 0) is 55.5 Å². The number of hydrogen-bond donors (Lipinski definition) is 2. The number of guanidine groups is 1. The summed E-state index contributed by atoms with van der Waals surface area (Å²) in [5.74, 6) is 1.64. The molecule has 32 heavy (non-hydrogen) atoms. The molecule has 0 radical (unpaired) electrons. The van der Waals surface area contributed by atoms with Gasteiger partial charge in [0.2, 0.25) is 0 Å². The van der Waals surface area contributed by atoms with Gasteiger partial charge in [0.1, 0.15) is 11.9 Å². The summed E-state index contributed by atoms with van der Waals surface area (Å²) in [5, 5.41) is 6.71. The van der Waals surface area contributed by atoms with Crippen molar-refractivity contribution in [1.82, 2.24) is 10.6 Å². The molecule has 3 rings (SSSR count). The molecule has 1 aliphatic heterocycles. The molecule has 1 aliphatic rings. The third-order valence-electron chi connectivity index (χ3n) is 5.21. The molecule has 0 aromatic heterocycles. The van der Waals surface area contributed by atoms with Gasteiger partial charge in [0.25, 0.3) is 0 Å². The molecule has 176 valence electrons. The number of aryl methyl sites for hydroxylation is 1. The highest BCUT2D eigenvalue weighted by Crippen LogP contribution is 2.15. The van der Waals surface area contributed by atoms with E-state index in [0.29, 0.717) is 25.8 Å². The van der Waals surface area contributed by atoms with Crippen LogP contribution < -0.4 is 15.4 Å². The quantitative estimate of drug-likeness (QED) is 0.273. The van der Waals surface area contributed by atoms with E-state index in [1.165, 1.54) is 16.7 Å². The SMILES string of the molecule is CN=C(NCc1cccc(COC2CCOCC2)c1)NCC(C)Oc1cccc(C)c1.I. The molecule has 2 N–H and O–H groups in total. The van der Waals surface area contributed by atoms with Crippen LogP contribution in [0.3, 0.4) is 0 Å². The van der Waals surface area contributed by atoms with E-state index in [1.807, 2.05) is 25.1 Å². The first-order chi connectivity index (χ1) is 15.1. The number of halogens is 1. The van der Waals surface area contributed by atoms with Gasteiger partial charge in [-0.2, -0.15) is 0 Å². The number of nitrogens with zero attached hydrogens (tertiary/aromatic N) is 1. The molecular weight excluding hydrogens is 517 g/mol. The van der Waals surface area contributed by atoms with Crippen LogP contribution in [-0.4, -0.2) is 45.0 Å². The second-order valence-electron chi connectivity index (χ2n) is 7.99. The lowest BCUT2D eigenvalue weighted by Gasteiger charge is -2.22. The Labute approximate surface area is 209 Å². The second kappa shape index (κ2) is 14.3. The largest absolute Gasteiger partial charge is 0.489 e. The van der Waals surface area contributed by atoms with Crippen LogP contribution >= 0.6 is 24.0 Å². The number of benzene rings is 2. The molecule has 1 saturated heterocycles. The summed E-state index contributed by atoms with van der Waals surface area (Å²) in [6.45, 7) is 7.70. The van der Waals surface area contributed by atoms with Gasteiger partial charge in [0, 0.05) is 26.8 Å². The molecule has 6 nitrogen and oxygen atoms in total. The lowest BCUT2D eigenvalue weighted by Crippen LogP contribution is -2.41. The van der Waals surface area contributed by atoms with E-state index < -0.39 is 0 Å². The molecule has 2 aromatic carbocycles. The van der Waals surface area contributed by atoms with Gasteiger partial charge < -0.3 is 24.8 Å². The fourth-order valence-electron chi connectivity index (χ4n) is 3.50. The summed E-state index contributed by atoms with van der Waals surface area (Å²) < 4.78 is 17.4. The van der Waals surface area contributed by atoms with Crippen molar-refractivity contribution in [2.75, 3.05) is 26.8 Å². The lowest BCUT2D eigenvalue weighted by molar-refractivity contribution is -0.0390. The molecule has 1 atom stereocenters. The van der Waals surface area contributed by atoms with Gasteiger partial charge in [-0.25, -0.2) is 0 Å². The van der Waals surface area contributed by atoms with Crippen LogP contribution in [0, 0.1) is 6.92 Å². The summed E-state index contributed by atoms with van der Waals surface area (Å²) in [6.07, 6.45) is 2.29. The highest BCUT2D eigenvalue weighted by molar-refractivity contribution is 14.0. The minimum atomic E-state index is 0. The fraction of sp³-hybridized carbons (Fsp3) is 0.480. The molecule has 0 amide bonds. The zero-order valence-electron chi connectivity index (χ0n) is 19.3. The molecule has 2 aromatic rings.